The molecule has 3 N–H and O–H groups in total. The maximum absolute atomic E-state index is 13.1. The van der Waals surface area contributed by atoms with Crippen LogP contribution in [-0.4, -0.2) is 55.9 Å². The number of hydrogen-bond acceptors (Lipinski definition) is 6. The molecule has 9 nitrogen and oxygen atoms in total. The van der Waals surface area contributed by atoms with Gasteiger partial charge in [0, 0.05) is 6.20 Å². The number of carbonyl (C=O) groups excluding carboxylic acids is 2. The third-order valence-electron chi connectivity index (χ3n) is 4.45. The molecule has 2 aromatic rings. The van der Waals surface area contributed by atoms with E-state index in [1.807, 2.05) is 0 Å². The number of nitrogens with zero attached hydrogens (tertiary/aromatic N) is 4. The van der Waals surface area contributed by atoms with Gasteiger partial charge in [-0.05, 0) is 39.3 Å². The number of aromatic nitrogens is 3. The zero-order chi connectivity index (χ0) is 21.4. The quantitative estimate of drug-likeness (QED) is 0.799. The summed E-state index contributed by atoms with van der Waals surface area (Å²) in [5.74, 6) is -0.354. The molecule has 1 fully saturated rings. The minimum Gasteiger partial charge on any atom is -0.444 e. The average Bonchev–Trinajstić information content (AvgIpc) is 3.03. The number of amides is 2. The normalized spacial score (nSPS) is 16.7. The van der Waals surface area contributed by atoms with Gasteiger partial charge in [0.2, 0.25) is 5.91 Å². The molecule has 0 aliphatic carbocycles. The van der Waals surface area contributed by atoms with Gasteiger partial charge in [-0.15, -0.1) is 0 Å². The standard InChI is InChI=1S/C19H25FN6O3/c1-12(13-5-6-15(22-7-13)26-9-14(20)8-23-26)24-16(27)19(21)10-25(11-19)17(28)29-18(2,3)4/h5-9,12H,10-11,21H2,1-4H3,(H,24,27)/t12-/m0/s1. The molecule has 1 aliphatic heterocycles. The van der Waals surface area contributed by atoms with Gasteiger partial charge in [0.15, 0.2) is 11.6 Å². The Morgan fingerprint density at radius 2 is 2.00 bits per heavy atom. The van der Waals surface area contributed by atoms with Gasteiger partial charge in [0.25, 0.3) is 0 Å². The highest BCUT2D eigenvalue weighted by atomic mass is 19.1. The molecule has 1 saturated heterocycles. The van der Waals surface area contributed by atoms with Crippen LogP contribution in [0, 0.1) is 5.82 Å². The fraction of sp³-hybridized carbons (Fsp3) is 0.474. The first-order chi connectivity index (χ1) is 13.5. The highest BCUT2D eigenvalue weighted by Gasteiger charge is 2.49. The molecular formula is C19H25FN6O3. The van der Waals surface area contributed by atoms with Gasteiger partial charge in [0.05, 0.1) is 31.5 Å². The van der Waals surface area contributed by atoms with Gasteiger partial charge < -0.3 is 20.7 Å². The summed E-state index contributed by atoms with van der Waals surface area (Å²) in [4.78, 5) is 30.2. The molecule has 0 aromatic carbocycles. The summed E-state index contributed by atoms with van der Waals surface area (Å²) in [5.41, 5.74) is 5.12. The molecule has 1 atom stereocenters. The number of pyridine rings is 1. The summed E-state index contributed by atoms with van der Waals surface area (Å²) in [5, 5.41) is 6.70. The second-order valence-electron chi connectivity index (χ2n) is 8.24. The summed E-state index contributed by atoms with van der Waals surface area (Å²) in [6.45, 7) is 7.30. The smallest absolute Gasteiger partial charge is 0.410 e. The fourth-order valence-corrected chi connectivity index (χ4v) is 2.87. The maximum atomic E-state index is 13.1. The number of halogens is 1. The van der Waals surface area contributed by atoms with E-state index in [-0.39, 0.29) is 25.0 Å². The first kappa shape index (κ1) is 20.7. The monoisotopic (exact) mass is 404 g/mol. The molecule has 0 spiro atoms. The second-order valence-corrected chi connectivity index (χ2v) is 8.24. The molecule has 0 bridgehead atoms. The maximum Gasteiger partial charge on any atom is 0.410 e. The van der Waals surface area contributed by atoms with Crippen LogP contribution < -0.4 is 11.1 Å². The van der Waals surface area contributed by atoms with Gasteiger partial charge in [-0.1, -0.05) is 6.07 Å². The van der Waals surface area contributed by atoms with E-state index in [0.29, 0.717) is 5.82 Å². The Balaban J connectivity index is 1.56. The van der Waals surface area contributed by atoms with Crippen molar-refractivity contribution in [3.05, 3.63) is 42.1 Å². The molecule has 156 valence electrons. The van der Waals surface area contributed by atoms with Crippen molar-refractivity contribution >= 4 is 12.0 Å². The third-order valence-corrected chi connectivity index (χ3v) is 4.45. The van der Waals surface area contributed by atoms with Gasteiger partial charge in [-0.25, -0.2) is 18.9 Å². The molecule has 0 saturated carbocycles. The van der Waals surface area contributed by atoms with E-state index in [9.17, 15) is 14.0 Å². The van der Waals surface area contributed by atoms with Crippen LogP contribution in [0.1, 0.15) is 39.3 Å². The number of nitrogens with two attached hydrogens (primary N) is 1. The second kappa shape index (κ2) is 7.43. The highest BCUT2D eigenvalue weighted by molar-refractivity contribution is 5.90. The minimum absolute atomic E-state index is 0.0858. The molecule has 10 heteroatoms. The van der Waals surface area contributed by atoms with Crippen LogP contribution in [-0.2, 0) is 9.53 Å². The Morgan fingerprint density at radius 1 is 1.31 bits per heavy atom. The molecule has 29 heavy (non-hydrogen) atoms. The lowest BCUT2D eigenvalue weighted by Crippen LogP contribution is -2.75. The molecule has 0 unspecified atom stereocenters. The number of rotatable bonds is 4. The van der Waals surface area contributed by atoms with E-state index in [0.717, 1.165) is 11.8 Å². The Kier molecular flexibility index (Phi) is 5.31. The van der Waals surface area contributed by atoms with Crippen molar-refractivity contribution < 1.29 is 18.7 Å². The van der Waals surface area contributed by atoms with Crippen molar-refractivity contribution in [1.29, 1.82) is 0 Å². The van der Waals surface area contributed by atoms with E-state index < -0.39 is 23.1 Å². The van der Waals surface area contributed by atoms with E-state index in [4.69, 9.17) is 10.5 Å². The molecule has 3 heterocycles. The highest BCUT2D eigenvalue weighted by Crippen LogP contribution is 2.23. The first-order valence-corrected chi connectivity index (χ1v) is 9.21. The Bertz CT molecular complexity index is 899. The van der Waals surface area contributed by atoms with Gasteiger partial charge in [0.1, 0.15) is 11.1 Å². The molecular weight excluding hydrogens is 379 g/mol. The molecule has 2 aromatic heterocycles. The van der Waals surface area contributed by atoms with E-state index in [1.54, 1.807) is 46.0 Å². The van der Waals surface area contributed by atoms with E-state index in [2.05, 4.69) is 15.4 Å². The zero-order valence-corrected chi connectivity index (χ0v) is 16.8. The third kappa shape index (κ3) is 4.70. The van der Waals surface area contributed by atoms with Crippen molar-refractivity contribution in [1.82, 2.24) is 25.0 Å². The van der Waals surface area contributed by atoms with Crippen molar-refractivity contribution in [2.45, 2.75) is 44.9 Å². The number of ether oxygens (including phenoxy) is 1. The summed E-state index contributed by atoms with van der Waals surface area (Å²) in [6.07, 6.45) is 3.40. The van der Waals surface area contributed by atoms with Crippen molar-refractivity contribution in [2.24, 2.45) is 5.73 Å². The van der Waals surface area contributed by atoms with Gasteiger partial charge in [-0.2, -0.15) is 5.10 Å². The molecule has 0 radical (unpaired) electrons. The molecule has 2 amide bonds. The van der Waals surface area contributed by atoms with Crippen LogP contribution in [0.5, 0.6) is 0 Å². The van der Waals surface area contributed by atoms with Crippen LogP contribution in [0.25, 0.3) is 5.82 Å². The first-order valence-electron chi connectivity index (χ1n) is 9.21. The predicted molar refractivity (Wildman–Crippen MR) is 103 cm³/mol. The van der Waals surface area contributed by atoms with Crippen LogP contribution >= 0.6 is 0 Å². The average molecular weight is 404 g/mol. The van der Waals surface area contributed by atoms with Crippen LogP contribution in [0.3, 0.4) is 0 Å². The SMILES string of the molecule is C[C@H](NC(=O)C1(N)CN(C(=O)OC(C)(C)C)C1)c1ccc(-n2cc(F)cn2)nc1. The summed E-state index contributed by atoms with van der Waals surface area (Å²) in [7, 11) is 0. The topological polar surface area (TPSA) is 115 Å². The number of nitrogens with one attached hydrogen (secondary N) is 1. The Labute approximate surface area is 168 Å². The number of likely N-dealkylation sites (tertiary alicyclic amines) is 1. The fourth-order valence-electron chi connectivity index (χ4n) is 2.87. The van der Waals surface area contributed by atoms with Gasteiger partial charge >= 0.3 is 6.09 Å². The van der Waals surface area contributed by atoms with Crippen LogP contribution in [0.2, 0.25) is 0 Å². The predicted octanol–water partition coefficient (Wildman–Crippen LogP) is 1.53. The number of hydrogen-bond donors (Lipinski definition) is 2. The van der Waals surface area contributed by atoms with Crippen LogP contribution in [0.4, 0.5) is 9.18 Å². The lowest BCUT2D eigenvalue weighted by Gasteiger charge is -2.46. The van der Waals surface area contributed by atoms with Crippen molar-refractivity contribution in [2.75, 3.05) is 13.1 Å². The lowest BCUT2D eigenvalue weighted by molar-refractivity contribution is -0.132. The summed E-state index contributed by atoms with van der Waals surface area (Å²) >= 11 is 0. The zero-order valence-electron chi connectivity index (χ0n) is 16.8. The summed E-state index contributed by atoms with van der Waals surface area (Å²) in [6, 6.07) is 3.09. The summed E-state index contributed by atoms with van der Waals surface area (Å²) < 4.78 is 19.7. The minimum atomic E-state index is -1.16. The lowest BCUT2D eigenvalue weighted by atomic mass is 9.90. The largest absolute Gasteiger partial charge is 0.444 e. The van der Waals surface area contributed by atoms with E-state index in [1.165, 1.54) is 15.8 Å². The van der Waals surface area contributed by atoms with E-state index >= 15 is 0 Å². The van der Waals surface area contributed by atoms with Crippen molar-refractivity contribution in [3.8, 4) is 5.82 Å². The molecule has 3 rings (SSSR count). The molecule has 1 aliphatic rings. The van der Waals surface area contributed by atoms with Crippen LogP contribution in [0.15, 0.2) is 30.7 Å². The van der Waals surface area contributed by atoms with Gasteiger partial charge in [-0.3, -0.25) is 4.79 Å². The van der Waals surface area contributed by atoms with Crippen molar-refractivity contribution in [3.63, 3.8) is 0 Å². The Morgan fingerprint density at radius 3 is 2.52 bits per heavy atom. The Hall–Kier alpha value is -3.01. The number of carbonyl (C=O) groups is 2.